The van der Waals surface area contributed by atoms with Crippen molar-refractivity contribution in [3.63, 3.8) is 0 Å². The van der Waals surface area contributed by atoms with Crippen LogP contribution in [-0.2, 0) is 11.2 Å². The summed E-state index contributed by atoms with van der Waals surface area (Å²) in [7, 11) is 0. The number of rotatable bonds is 2. The van der Waals surface area contributed by atoms with Crippen molar-refractivity contribution in [2.24, 2.45) is 0 Å². The molecular formula is C14H14ClNOS2. The van der Waals surface area contributed by atoms with E-state index in [1.165, 1.54) is 15.3 Å². The lowest BCUT2D eigenvalue weighted by molar-refractivity contribution is -0.132. The zero-order chi connectivity index (χ0) is 13.4. The first-order chi connectivity index (χ1) is 9.18. The van der Waals surface area contributed by atoms with E-state index in [0.29, 0.717) is 0 Å². The van der Waals surface area contributed by atoms with Crippen LogP contribution in [0, 0.1) is 0 Å². The molecule has 0 fully saturated rings. The molecule has 2 atom stereocenters. The molecule has 0 aromatic carbocycles. The number of halogens is 1. The highest BCUT2D eigenvalue weighted by molar-refractivity contribution is 7.10. The molecule has 0 radical (unpaired) electrons. The minimum Gasteiger partial charge on any atom is -0.329 e. The molecule has 5 heteroatoms. The van der Waals surface area contributed by atoms with Gasteiger partial charge in [-0.05, 0) is 41.8 Å². The molecule has 0 aliphatic carbocycles. The van der Waals surface area contributed by atoms with E-state index >= 15 is 0 Å². The molecule has 3 heterocycles. The second-order valence-corrected chi connectivity index (χ2v) is 7.25. The Morgan fingerprint density at radius 3 is 2.95 bits per heavy atom. The molecule has 1 aliphatic heterocycles. The van der Waals surface area contributed by atoms with Gasteiger partial charge in [0.05, 0.1) is 6.04 Å². The first-order valence-electron chi connectivity index (χ1n) is 6.22. The zero-order valence-corrected chi connectivity index (χ0v) is 12.9. The number of nitrogens with zero attached hydrogens (tertiary/aromatic N) is 1. The SMILES string of the molecule is CC(Cl)C(=O)N1CCc2sccc2C1c1cccs1. The topological polar surface area (TPSA) is 20.3 Å². The largest absolute Gasteiger partial charge is 0.329 e. The molecule has 2 nitrogen and oxygen atoms in total. The van der Waals surface area contributed by atoms with E-state index < -0.39 is 5.38 Å². The lowest BCUT2D eigenvalue weighted by Gasteiger charge is -2.36. The van der Waals surface area contributed by atoms with Crippen LogP contribution in [0.25, 0.3) is 0 Å². The molecule has 2 unspecified atom stereocenters. The molecule has 0 saturated heterocycles. The lowest BCUT2D eigenvalue weighted by atomic mass is 9.98. The van der Waals surface area contributed by atoms with Crippen LogP contribution < -0.4 is 0 Å². The van der Waals surface area contributed by atoms with E-state index in [9.17, 15) is 4.79 Å². The summed E-state index contributed by atoms with van der Waals surface area (Å²) < 4.78 is 0. The summed E-state index contributed by atoms with van der Waals surface area (Å²) in [4.78, 5) is 16.9. The lowest BCUT2D eigenvalue weighted by Crippen LogP contribution is -2.42. The number of hydrogen-bond donors (Lipinski definition) is 0. The first kappa shape index (κ1) is 13.2. The van der Waals surface area contributed by atoms with Crippen LogP contribution >= 0.6 is 34.3 Å². The van der Waals surface area contributed by atoms with E-state index in [1.54, 1.807) is 29.6 Å². The van der Waals surface area contributed by atoms with Gasteiger partial charge in [0.25, 0.3) is 0 Å². The highest BCUT2D eigenvalue weighted by Crippen LogP contribution is 2.39. The summed E-state index contributed by atoms with van der Waals surface area (Å²) in [6.07, 6.45) is 0.935. The van der Waals surface area contributed by atoms with E-state index in [0.717, 1.165) is 13.0 Å². The van der Waals surface area contributed by atoms with Crippen molar-refractivity contribution in [2.75, 3.05) is 6.54 Å². The number of carbonyl (C=O) groups excluding carboxylic acids is 1. The Morgan fingerprint density at radius 2 is 2.26 bits per heavy atom. The van der Waals surface area contributed by atoms with Gasteiger partial charge in [0, 0.05) is 16.3 Å². The third-order valence-corrected chi connectivity index (χ3v) is 5.51. The minimum atomic E-state index is -0.470. The third kappa shape index (κ3) is 2.33. The highest BCUT2D eigenvalue weighted by Gasteiger charge is 2.34. The third-order valence-electron chi connectivity index (χ3n) is 3.40. The van der Waals surface area contributed by atoms with E-state index in [2.05, 4.69) is 22.9 Å². The van der Waals surface area contributed by atoms with Gasteiger partial charge in [-0.15, -0.1) is 34.3 Å². The molecule has 3 rings (SSSR count). The van der Waals surface area contributed by atoms with Crippen molar-refractivity contribution < 1.29 is 4.79 Å². The van der Waals surface area contributed by atoms with Gasteiger partial charge in [-0.1, -0.05) is 6.07 Å². The van der Waals surface area contributed by atoms with E-state index in [-0.39, 0.29) is 11.9 Å². The number of carbonyl (C=O) groups is 1. The van der Waals surface area contributed by atoms with Crippen LogP contribution in [-0.4, -0.2) is 22.7 Å². The van der Waals surface area contributed by atoms with Gasteiger partial charge >= 0.3 is 0 Å². The van der Waals surface area contributed by atoms with Gasteiger partial charge < -0.3 is 4.90 Å². The Kier molecular flexibility index (Phi) is 3.65. The normalized spacial score (nSPS) is 20.1. The molecule has 0 spiro atoms. The maximum Gasteiger partial charge on any atom is 0.241 e. The fourth-order valence-corrected chi connectivity index (χ4v) is 4.42. The Hall–Kier alpha value is -0.840. The van der Waals surface area contributed by atoms with Gasteiger partial charge in [-0.3, -0.25) is 4.79 Å². The molecule has 1 aliphatic rings. The van der Waals surface area contributed by atoms with Gasteiger partial charge in [-0.2, -0.15) is 0 Å². The van der Waals surface area contributed by atoms with Crippen LogP contribution in [0.3, 0.4) is 0 Å². The standard InChI is InChI=1S/C14H14ClNOS2/c1-9(15)14(17)16-6-4-11-10(5-8-19-11)13(16)12-3-2-7-18-12/h2-3,5,7-9,13H,4,6H2,1H3. The van der Waals surface area contributed by atoms with Crippen molar-refractivity contribution in [1.29, 1.82) is 0 Å². The number of thiophene rings is 2. The number of alkyl halides is 1. The van der Waals surface area contributed by atoms with E-state index in [1.807, 2.05) is 11.0 Å². The zero-order valence-electron chi connectivity index (χ0n) is 10.5. The van der Waals surface area contributed by atoms with Crippen LogP contribution in [0.2, 0.25) is 0 Å². The summed E-state index contributed by atoms with van der Waals surface area (Å²) in [6.45, 7) is 2.50. The van der Waals surface area contributed by atoms with Crippen LogP contribution in [0.1, 0.15) is 28.3 Å². The monoisotopic (exact) mass is 311 g/mol. The molecule has 1 amide bonds. The summed E-state index contributed by atoms with van der Waals surface area (Å²) >= 11 is 9.48. The highest BCUT2D eigenvalue weighted by atomic mass is 35.5. The van der Waals surface area contributed by atoms with Crippen LogP contribution in [0.4, 0.5) is 0 Å². The molecule has 19 heavy (non-hydrogen) atoms. The number of hydrogen-bond acceptors (Lipinski definition) is 3. The number of fused-ring (bicyclic) bond motifs is 1. The summed E-state index contributed by atoms with van der Waals surface area (Å²) in [5.41, 5.74) is 1.27. The molecule has 2 aromatic heterocycles. The molecule has 0 bridgehead atoms. The van der Waals surface area contributed by atoms with Crippen molar-refractivity contribution in [1.82, 2.24) is 4.90 Å². The van der Waals surface area contributed by atoms with Gasteiger partial charge in [0.2, 0.25) is 5.91 Å². The van der Waals surface area contributed by atoms with Crippen molar-refractivity contribution in [2.45, 2.75) is 24.8 Å². The van der Waals surface area contributed by atoms with E-state index in [4.69, 9.17) is 11.6 Å². The van der Waals surface area contributed by atoms with Crippen molar-refractivity contribution in [3.8, 4) is 0 Å². The molecular weight excluding hydrogens is 298 g/mol. The molecule has 100 valence electrons. The average Bonchev–Trinajstić information content (AvgIpc) is 3.07. The first-order valence-corrected chi connectivity index (χ1v) is 8.42. The van der Waals surface area contributed by atoms with Gasteiger partial charge in [-0.25, -0.2) is 0 Å². The van der Waals surface area contributed by atoms with Crippen molar-refractivity contribution in [3.05, 3.63) is 44.3 Å². The fraction of sp³-hybridized carbons (Fsp3) is 0.357. The van der Waals surface area contributed by atoms with Gasteiger partial charge in [0.1, 0.15) is 5.38 Å². The summed E-state index contributed by atoms with van der Waals surface area (Å²) in [6, 6.07) is 6.32. The molecule has 0 saturated carbocycles. The second-order valence-electron chi connectivity index (χ2n) is 4.61. The Balaban J connectivity index is 2.04. The smallest absolute Gasteiger partial charge is 0.241 e. The van der Waals surface area contributed by atoms with Crippen molar-refractivity contribution >= 4 is 40.2 Å². The Labute approximate surface area is 125 Å². The quantitative estimate of drug-likeness (QED) is 0.770. The predicted molar refractivity (Wildman–Crippen MR) is 81.2 cm³/mol. The molecule has 0 N–H and O–H groups in total. The molecule has 2 aromatic rings. The summed E-state index contributed by atoms with van der Waals surface area (Å²) in [5, 5.41) is 3.70. The predicted octanol–water partition coefficient (Wildman–Crippen LogP) is 3.91. The maximum atomic E-state index is 12.3. The minimum absolute atomic E-state index is 0.0249. The maximum absolute atomic E-state index is 12.3. The fourth-order valence-electron chi connectivity index (χ4n) is 2.54. The summed E-state index contributed by atoms with van der Waals surface area (Å²) in [5.74, 6) is 0.0249. The number of amides is 1. The van der Waals surface area contributed by atoms with Crippen LogP contribution in [0.15, 0.2) is 29.0 Å². The van der Waals surface area contributed by atoms with Crippen LogP contribution in [0.5, 0.6) is 0 Å². The second kappa shape index (κ2) is 5.27. The Bertz CT molecular complexity index is 576. The van der Waals surface area contributed by atoms with Gasteiger partial charge in [0.15, 0.2) is 0 Å². The average molecular weight is 312 g/mol. The Morgan fingerprint density at radius 1 is 1.42 bits per heavy atom.